The SMILES string of the molecule is CCOCc1ccc(CNC(=O)CNC(=O)c2ccc(OC)c([N+](=O)[O-])c2)cc1. The van der Waals surface area contributed by atoms with Gasteiger partial charge in [-0.3, -0.25) is 19.7 Å². The maximum absolute atomic E-state index is 12.2. The molecular weight excluding hydrogens is 378 g/mol. The molecule has 0 fully saturated rings. The molecule has 0 saturated carbocycles. The third-order valence-electron chi connectivity index (χ3n) is 4.03. The van der Waals surface area contributed by atoms with Crippen molar-refractivity contribution in [3.05, 3.63) is 69.3 Å². The van der Waals surface area contributed by atoms with Crippen molar-refractivity contribution in [2.24, 2.45) is 0 Å². The van der Waals surface area contributed by atoms with Gasteiger partial charge in [-0.15, -0.1) is 0 Å². The first-order valence-corrected chi connectivity index (χ1v) is 8.97. The molecule has 0 atom stereocenters. The van der Waals surface area contributed by atoms with Crippen LogP contribution in [0.15, 0.2) is 42.5 Å². The third kappa shape index (κ3) is 6.58. The Morgan fingerprint density at radius 1 is 1.07 bits per heavy atom. The normalized spacial score (nSPS) is 10.3. The molecule has 0 aliphatic rings. The first-order valence-electron chi connectivity index (χ1n) is 8.97. The van der Waals surface area contributed by atoms with Crippen molar-refractivity contribution in [1.82, 2.24) is 10.6 Å². The zero-order valence-electron chi connectivity index (χ0n) is 16.3. The molecule has 0 saturated heterocycles. The largest absolute Gasteiger partial charge is 0.490 e. The van der Waals surface area contributed by atoms with Gasteiger partial charge >= 0.3 is 5.69 Å². The molecule has 0 heterocycles. The van der Waals surface area contributed by atoms with Gasteiger partial charge in [0.2, 0.25) is 5.91 Å². The summed E-state index contributed by atoms with van der Waals surface area (Å²) in [7, 11) is 1.30. The highest BCUT2D eigenvalue weighted by atomic mass is 16.6. The maximum Gasteiger partial charge on any atom is 0.311 e. The van der Waals surface area contributed by atoms with E-state index in [1.54, 1.807) is 0 Å². The summed E-state index contributed by atoms with van der Waals surface area (Å²) in [5.74, 6) is -0.914. The number of nitrogens with zero attached hydrogens (tertiary/aromatic N) is 1. The van der Waals surface area contributed by atoms with Gasteiger partial charge in [0, 0.05) is 24.8 Å². The van der Waals surface area contributed by atoms with Crippen molar-refractivity contribution in [2.75, 3.05) is 20.3 Å². The summed E-state index contributed by atoms with van der Waals surface area (Å²) >= 11 is 0. The zero-order valence-corrected chi connectivity index (χ0v) is 16.3. The summed E-state index contributed by atoms with van der Waals surface area (Å²) in [6.07, 6.45) is 0. The summed E-state index contributed by atoms with van der Waals surface area (Å²) in [5.41, 5.74) is 1.70. The number of hydrogen-bond donors (Lipinski definition) is 2. The van der Waals surface area contributed by atoms with Crippen molar-refractivity contribution < 1.29 is 24.0 Å². The molecule has 0 aliphatic carbocycles. The smallest absolute Gasteiger partial charge is 0.311 e. The lowest BCUT2D eigenvalue weighted by Crippen LogP contribution is -2.36. The fourth-order valence-electron chi connectivity index (χ4n) is 2.47. The predicted molar refractivity (Wildman–Crippen MR) is 106 cm³/mol. The number of rotatable bonds is 10. The fourth-order valence-corrected chi connectivity index (χ4v) is 2.47. The Morgan fingerprint density at radius 3 is 2.38 bits per heavy atom. The van der Waals surface area contributed by atoms with Crippen LogP contribution in [0, 0.1) is 10.1 Å². The van der Waals surface area contributed by atoms with Crippen LogP contribution < -0.4 is 15.4 Å². The summed E-state index contributed by atoms with van der Waals surface area (Å²) in [6, 6.07) is 11.5. The first kappa shape index (κ1) is 21.8. The summed E-state index contributed by atoms with van der Waals surface area (Å²) < 4.78 is 10.2. The number of hydrogen-bond acceptors (Lipinski definition) is 6. The van der Waals surface area contributed by atoms with Crippen LogP contribution in [0.4, 0.5) is 5.69 Å². The molecule has 0 aromatic heterocycles. The zero-order chi connectivity index (χ0) is 21.2. The van der Waals surface area contributed by atoms with Crippen LogP contribution in [0.2, 0.25) is 0 Å². The molecular formula is C20H23N3O6. The highest BCUT2D eigenvalue weighted by Gasteiger charge is 2.18. The second-order valence-electron chi connectivity index (χ2n) is 6.06. The number of benzene rings is 2. The highest BCUT2D eigenvalue weighted by molar-refractivity contribution is 5.97. The van der Waals surface area contributed by atoms with Crippen molar-refractivity contribution >= 4 is 17.5 Å². The average molecular weight is 401 g/mol. The molecule has 2 aromatic rings. The van der Waals surface area contributed by atoms with Crippen molar-refractivity contribution in [3.8, 4) is 5.75 Å². The summed E-state index contributed by atoms with van der Waals surface area (Å²) in [6.45, 7) is 3.18. The second-order valence-corrected chi connectivity index (χ2v) is 6.06. The van der Waals surface area contributed by atoms with Crippen LogP contribution in [-0.2, 0) is 22.7 Å². The van der Waals surface area contributed by atoms with E-state index in [1.165, 1.54) is 19.2 Å². The molecule has 2 aromatic carbocycles. The molecule has 0 unspecified atom stereocenters. The molecule has 9 nitrogen and oxygen atoms in total. The number of ether oxygens (including phenoxy) is 2. The molecule has 2 amide bonds. The summed E-state index contributed by atoms with van der Waals surface area (Å²) in [4.78, 5) is 34.5. The molecule has 0 radical (unpaired) electrons. The highest BCUT2D eigenvalue weighted by Crippen LogP contribution is 2.27. The number of nitro benzene ring substituents is 1. The van der Waals surface area contributed by atoms with Gasteiger partial charge in [0.1, 0.15) is 0 Å². The molecule has 0 bridgehead atoms. The van der Waals surface area contributed by atoms with Crippen LogP contribution in [0.3, 0.4) is 0 Å². The fraction of sp³-hybridized carbons (Fsp3) is 0.300. The Kier molecular flexibility index (Phi) is 8.11. The van der Waals surface area contributed by atoms with Crippen molar-refractivity contribution in [3.63, 3.8) is 0 Å². The lowest BCUT2D eigenvalue weighted by atomic mass is 10.1. The van der Waals surface area contributed by atoms with Crippen molar-refractivity contribution in [2.45, 2.75) is 20.1 Å². The van der Waals surface area contributed by atoms with E-state index < -0.39 is 10.8 Å². The minimum Gasteiger partial charge on any atom is -0.490 e. The van der Waals surface area contributed by atoms with Crippen molar-refractivity contribution in [1.29, 1.82) is 0 Å². The van der Waals surface area contributed by atoms with Crippen LogP contribution in [0.5, 0.6) is 5.75 Å². The van der Waals surface area contributed by atoms with E-state index in [0.717, 1.165) is 17.2 Å². The number of carbonyl (C=O) groups excluding carboxylic acids is 2. The van der Waals surface area contributed by atoms with Crippen LogP contribution in [0.1, 0.15) is 28.4 Å². The van der Waals surface area contributed by atoms with E-state index >= 15 is 0 Å². The molecule has 0 aliphatic heterocycles. The Labute approximate surface area is 168 Å². The predicted octanol–water partition coefficient (Wildman–Crippen LogP) is 2.19. The Morgan fingerprint density at radius 2 is 1.76 bits per heavy atom. The number of methoxy groups -OCH3 is 1. The van der Waals surface area contributed by atoms with Gasteiger partial charge in [0.05, 0.1) is 25.2 Å². The van der Waals surface area contributed by atoms with E-state index in [-0.39, 0.29) is 29.5 Å². The van der Waals surface area contributed by atoms with Crippen LogP contribution in [0.25, 0.3) is 0 Å². The Bertz CT molecular complexity index is 867. The van der Waals surface area contributed by atoms with Gasteiger partial charge in [-0.25, -0.2) is 0 Å². The van der Waals surface area contributed by atoms with Gasteiger partial charge < -0.3 is 20.1 Å². The lowest BCUT2D eigenvalue weighted by molar-refractivity contribution is -0.385. The molecule has 0 spiro atoms. The topological polar surface area (TPSA) is 120 Å². The Hall–Kier alpha value is -3.46. The van der Waals surface area contributed by atoms with Gasteiger partial charge in [-0.2, -0.15) is 0 Å². The van der Waals surface area contributed by atoms with Crippen LogP contribution in [-0.4, -0.2) is 37.0 Å². The second kappa shape index (κ2) is 10.8. The molecule has 2 rings (SSSR count). The molecule has 9 heteroatoms. The van der Waals surface area contributed by atoms with E-state index in [9.17, 15) is 19.7 Å². The van der Waals surface area contributed by atoms with E-state index in [0.29, 0.717) is 19.8 Å². The molecule has 154 valence electrons. The Balaban J connectivity index is 1.83. The van der Waals surface area contributed by atoms with Gasteiger partial charge in [-0.1, -0.05) is 24.3 Å². The van der Waals surface area contributed by atoms with E-state index in [2.05, 4.69) is 10.6 Å². The first-order chi connectivity index (χ1) is 13.9. The average Bonchev–Trinajstić information content (AvgIpc) is 2.74. The van der Waals surface area contributed by atoms with Gasteiger partial charge in [0.25, 0.3) is 5.91 Å². The lowest BCUT2D eigenvalue weighted by Gasteiger charge is -2.09. The summed E-state index contributed by atoms with van der Waals surface area (Å²) in [5, 5.41) is 16.2. The maximum atomic E-state index is 12.2. The van der Waals surface area contributed by atoms with Gasteiger partial charge in [0.15, 0.2) is 5.75 Å². The standard InChI is InChI=1S/C20H23N3O6/c1-3-29-13-15-6-4-14(5-7-15)11-21-19(24)12-22-20(25)16-8-9-18(28-2)17(10-16)23(26)27/h4-10H,3,11-13H2,1-2H3,(H,21,24)(H,22,25). The monoisotopic (exact) mass is 401 g/mol. The van der Waals surface area contributed by atoms with E-state index in [1.807, 2.05) is 31.2 Å². The van der Waals surface area contributed by atoms with Crippen LogP contribution >= 0.6 is 0 Å². The quantitative estimate of drug-likeness (QED) is 0.465. The van der Waals surface area contributed by atoms with Gasteiger partial charge in [-0.05, 0) is 30.2 Å². The van der Waals surface area contributed by atoms with E-state index in [4.69, 9.17) is 9.47 Å². The molecule has 29 heavy (non-hydrogen) atoms. The number of carbonyl (C=O) groups is 2. The number of nitrogens with one attached hydrogen (secondary N) is 2. The number of nitro groups is 1. The minimum atomic E-state index is -0.637. The third-order valence-corrected chi connectivity index (χ3v) is 4.03. The molecule has 2 N–H and O–H groups in total. The number of amides is 2. The minimum absolute atomic E-state index is 0.0524.